The number of rotatable bonds is 6. The van der Waals surface area contributed by atoms with Crippen LogP contribution in [0, 0.1) is 0 Å². The van der Waals surface area contributed by atoms with Gasteiger partial charge in [0.2, 0.25) is 0 Å². The van der Waals surface area contributed by atoms with Crippen LogP contribution < -0.4 is 4.40 Å². The summed E-state index contributed by atoms with van der Waals surface area (Å²) < 4.78 is 1.55. The van der Waals surface area contributed by atoms with Gasteiger partial charge in [0, 0.05) is 0 Å². The zero-order valence-electron chi connectivity index (χ0n) is 15.5. The summed E-state index contributed by atoms with van der Waals surface area (Å²) in [6.45, 7) is 7.10. The molecule has 1 heterocycles. The fraction of sp³-hybridized carbons (Fsp3) is 0.261. The average Bonchev–Trinajstić information content (AvgIpc) is 2.71. The van der Waals surface area contributed by atoms with E-state index in [0.717, 1.165) is 5.69 Å². The van der Waals surface area contributed by atoms with E-state index in [4.69, 9.17) is 4.98 Å². The fourth-order valence-corrected chi connectivity index (χ4v) is 11.1. The summed E-state index contributed by atoms with van der Waals surface area (Å²) >= 11 is -1.91. The molecule has 3 rings (SSSR count). The van der Waals surface area contributed by atoms with E-state index in [1.807, 2.05) is 0 Å². The van der Waals surface area contributed by atoms with Crippen molar-refractivity contribution in [3.8, 4) is 22.4 Å². The van der Waals surface area contributed by atoms with E-state index in [0.29, 0.717) is 0 Å². The molecule has 0 bridgehead atoms. The van der Waals surface area contributed by atoms with Crippen LogP contribution in [0.2, 0.25) is 15.8 Å². The first kappa shape index (κ1) is 17.9. The van der Waals surface area contributed by atoms with Gasteiger partial charge in [0.1, 0.15) is 0 Å². The van der Waals surface area contributed by atoms with Crippen LogP contribution in [0.1, 0.15) is 20.8 Å². The Bertz CT molecular complexity index is 797. The van der Waals surface area contributed by atoms with Crippen LogP contribution in [-0.2, 0) is 0 Å². The molecule has 0 aliphatic heterocycles. The number of pyridine rings is 1. The second-order valence-corrected chi connectivity index (χ2v) is 17.8. The molecule has 0 unspecified atom stereocenters. The van der Waals surface area contributed by atoms with E-state index in [1.54, 1.807) is 4.40 Å². The summed E-state index contributed by atoms with van der Waals surface area (Å²) in [6, 6.07) is 23.8. The Morgan fingerprint density at radius 1 is 0.680 bits per heavy atom. The summed E-state index contributed by atoms with van der Waals surface area (Å²) in [4.78, 5) is 4.84. The SMILES string of the molecule is C[CH2][Ge]([CH2]C)([CH2]C)[c]1ccc(-c2cccc(-c3ccccc3)c2)nc1. The van der Waals surface area contributed by atoms with Crippen LogP contribution in [0.4, 0.5) is 0 Å². The number of aromatic nitrogens is 1. The van der Waals surface area contributed by atoms with Crippen molar-refractivity contribution >= 4 is 17.7 Å². The number of hydrogen-bond donors (Lipinski definition) is 0. The molecule has 0 atom stereocenters. The molecule has 0 spiro atoms. The van der Waals surface area contributed by atoms with Gasteiger partial charge in [0.05, 0.1) is 0 Å². The van der Waals surface area contributed by atoms with Gasteiger partial charge < -0.3 is 0 Å². The molecule has 0 radical (unpaired) electrons. The predicted octanol–water partition coefficient (Wildman–Crippen LogP) is 6.13. The van der Waals surface area contributed by atoms with Crippen LogP contribution in [0.3, 0.4) is 0 Å². The topological polar surface area (TPSA) is 12.9 Å². The number of nitrogens with zero attached hydrogens (tertiary/aromatic N) is 1. The van der Waals surface area contributed by atoms with E-state index in [1.165, 1.54) is 32.5 Å². The molecular formula is C23H27GeN. The van der Waals surface area contributed by atoms with Gasteiger partial charge in [-0.15, -0.1) is 0 Å². The van der Waals surface area contributed by atoms with E-state index in [2.05, 4.69) is 93.7 Å². The van der Waals surface area contributed by atoms with Gasteiger partial charge in [0.25, 0.3) is 0 Å². The molecule has 2 aromatic carbocycles. The number of benzene rings is 2. The van der Waals surface area contributed by atoms with Gasteiger partial charge in [-0.2, -0.15) is 0 Å². The average molecular weight is 390 g/mol. The van der Waals surface area contributed by atoms with Gasteiger partial charge in [-0.1, -0.05) is 0 Å². The summed E-state index contributed by atoms with van der Waals surface area (Å²) in [5, 5.41) is 4.03. The standard InChI is InChI=1S/C23H27GeN/c1-4-24(5-2,6-3)22-15-16-23(25-18-22)21-14-10-13-20(17-21)19-11-8-7-9-12-19/h7-18H,4-6H2,1-3H3. The second-order valence-electron chi connectivity index (χ2n) is 6.72. The number of hydrogen-bond acceptors (Lipinski definition) is 1. The van der Waals surface area contributed by atoms with Crippen molar-refractivity contribution in [3.63, 3.8) is 0 Å². The monoisotopic (exact) mass is 391 g/mol. The van der Waals surface area contributed by atoms with Crippen LogP contribution >= 0.6 is 0 Å². The molecular weight excluding hydrogens is 363 g/mol. The van der Waals surface area contributed by atoms with Gasteiger partial charge in [0.15, 0.2) is 0 Å². The van der Waals surface area contributed by atoms with Crippen molar-refractivity contribution in [2.24, 2.45) is 0 Å². The van der Waals surface area contributed by atoms with E-state index < -0.39 is 13.3 Å². The van der Waals surface area contributed by atoms with Crippen LogP contribution in [0.5, 0.6) is 0 Å². The summed E-state index contributed by atoms with van der Waals surface area (Å²) in [5.74, 6) is 0. The van der Waals surface area contributed by atoms with Crippen molar-refractivity contribution in [3.05, 3.63) is 72.9 Å². The Balaban J connectivity index is 1.93. The van der Waals surface area contributed by atoms with Crippen LogP contribution in [0.15, 0.2) is 72.9 Å². The quantitative estimate of drug-likeness (QED) is 0.462. The minimum absolute atomic E-state index is 1.07. The molecule has 25 heavy (non-hydrogen) atoms. The third-order valence-electron chi connectivity index (χ3n) is 5.67. The van der Waals surface area contributed by atoms with Gasteiger partial charge in [-0.3, -0.25) is 0 Å². The zero-order chi connectivity index (χ0) is 17.7. The first-order valence-corrected chi connectivity index (χ1v) is 14.8. The van der Waals surface area contributed by atoms with Gasteiger partial charge in [-0.25, -0.2) is 0 Å². The summed E-state index contributed by atoms with van der Waals surface area (Å²) in [5.41, 5.74) is 4.75. The molecule has 1 aromatic heterocycles. The third kappa shape index (κ3) is 3.72. The molecule has 3 aromatic rings. The van der Waals surface area contributed by atoms with Crippen molar-refractivity contribution in [1.29, 1.82) is 0 Å². The maximum atomic E-state index is 4.84. The van der Waals surface area contributed by atoms with Crippen LogP contribution in [0.25, 0.3) is 22.4 Å². The van der Waals surface area contributed by atoms with Crippen molar-refractivity contribution in [2.75, 3.05) is 0 Å². The Morgan fingerprint density at radius 3 is 1.92 bits per heavy atom. The molecule has 0 aliphatic carbocycles. The molecule has 0 saturated heterocycles. The molecule has 0 saturated carbocycles. The first-order chi connectivity index (χ1) is 12.2. The van der Waals surface area contributed by atoms with Crippen LogP contribution in [-0.4, -0.2) is 18.3 Å². The molecule has 0 N–H and O–H groups in total. The molecule has 0 aliphatic rings. The summed E-state index contributed by atoms with van der Waals surface area (Å²) in [7, 11) is 0. The van der Waals surface area contributed by atoms with E-state index in [9.17, 15) is 0 Å². The Morgan fingerprint density at radius 2 is 1.32 bits per heavy atom. The Labute approximate surface area is 154 Å². The third-order valence-corrected chi connectivity index (χ3v) is 17.4. The van der Waals surface area contributed by atoms with Crippen molar-refractivity contribution in [1.82, 2.24) is 4.98 Å². The Kier molecular flexibility index (Phi) is 5.75. The van der Waals surface area contributed by atoms with E-state index >= 15 is 0 Å². The minimum atomic E-state index is -1.91. The summed E-state index contributed by atoms with van der Waals surface area (Å²) in [6.07, 6.45) is 2.17. The zero-order valence-corrected chi connectivity index (χ0v) is 17.6. The van der Waals surface area contributed by atoms with Gasteiger partial charge >= 0.3 is 154 Å². The molecule has 128 valence electrons. The van der Waals surface area contributed by atoms with E-state index in [-0.39, 0.29) is 0 Å². The normalized spacial score (nSPS) is 11.5. The Hall–Kier alpha value is -1.87. The first-order valence-electron chi connectivity index (χ1n) is 9.35. The molecule has 0 amide bonds. The van der Waals surface area contributed by atoms with Crippen molar-refractivity contribution < 1.29 is 0 Å². The van der Waals surface area contributed by atoms with Crippen molar-refractivity contribution in [2.45, 2.75) is 36.5 Å². The second kappa shape index (κ2) is 8.01. The predicted molar refractivity (Wildman–Crippen MR) is 112 cm³/mol. The van der Waals surface area contributed by atoms with Gasteiger partial charge in [-0.05, 0) is 0 Å². The molecule has 2 heteroatoms. The molecule has 1 nitrogen and oxygen atoms in total. The molecule has 0 fully saturated rings. The fourth-order valence-electron chi connectivity index (χ4n) is 3.73. The maximum absolute atomic E-state index is 4.84.